The summed E-state index contributed by atoms with van der Waals surface area (Å²) in [6.07, 6.45) is 0.810. The summed E-state index contributed by atoms with van der Waals surface area (Å²) in [6.45, 7) is 0.810. The average Bonchev–Trinajstić information content (AvgIpc) is 3.17. The minimum Gasteiger partial charge on any atom is -0.481 e. The fraction of sp³-hybridized carbons (Fsp3) is 0.312. The first-order valence-corrected chi connectivity index (χ1v) is 6.58. The maximum atomic E-state index is 10.9. The fourth-order valence-corrected chi connectivity index (χ4v) is 2.74. The van der Waals surface area contributed by atoms with Gasteiger partial charge in [-0.2, -0.15) is 0 Å². The van der Waals surface area contributed by atoms with Crippen LogP contribution in [0, 0.1) is 11.8 Å². The van der Waals surface area contributed by atoms with Gasteiger partial charge < -0.3 is 10.0 Å². The van der Waals surface area contributed by atoms with Crippen LogP contribution in [-0.4, -0.2) is 24.7 Å². The van der Waals surface area contributed by atoms with Crippen LogP contribution in [0.4, 0.5) is 5.69 Å². The summed E-state index contributed by atoms with van der Waals surface area (Å²) in [7, 11) is 2.04. The van der Waals surface area contributed by atoms with Crippen molar-refractivity contribution < 1.29 is 9.90 Å². The molecule has 1 saturated carbocycles. The number of rotatable bonds is 4. The van der Waals surface area contributed by atoms with Crippen LogP contribution in [0.2, 0.25) is 0 Å². The summed E-state index contributed by atoms with van der Waals surface area (Å²) in [4.78, 5) is 13.1. The molecule has 0 amide bonds. The second kappa shape index (κ2) is 4.57. The van der Waals surface area contributed by atoms with E-state index in [1.165, 1.54) is 16.5 Å². The highest BCUT2D eigenvalue weighted by Gasteiger charge is 2.43. The number of benzene rings is 2. The lowest BCUT2D eigenvalue weighted by atomic mass is 10.1. The van der Waals surface area contributed by atoms with Gasteiger partial charge in [0.05, 0.1) is 5.92 Å². The second-order valence-corrected chi connectivity index (χ2v) is 5.32. The standard InChI is InChI=1S/C16H17NO2/c1-17(10-12-9-14(12)16(18)19)15-8-4-6-11-5-2-3-7-13(11)15/h2-8,12,14H,9-10H2,1H3,(H,18,19). The van der Waals surface area contributed by atoms with Crippen molar-refractivity contribution >= 4 is 22.4 Å². The van der Waals surface area contributed by atoms with Crippen molar-refractivity contribution in [1.82, 2.24) is 0 Å². The van der Waals surface area contributed by atoms with Crippen LogP contribution < -0.4 is 4.90 Å². The summed E-state index contributed by atoms with van der Waals surface area (Å²) in [5, 5.41) is 11.4. The van der Waals surface area contributed by atoms with Crippen LogP contribution in [0.5, 0.6) is 0 Å². The molecule has 1 fully saturated rings. The highest BCUT2D eigenvalue weighted by Crippen LogP contribution is 2.40. The third kappa shape index (κ3) is 2.28. The lowest BCUT2D eigenvalue weighted by Gasteiger charge is -2.21. The Bertz CT molecular complexity index is 618. The maximum Gasteiger partial charge on any atom is 0.306 e. The number of hydrogen-bond donors (Lipinski definition) is 1. The zero-order chi connectivity index (χ0) is 13.4. The molecule has 0 bridgehead atoms. The molecule has 3 rings (SSSR count). The molecule has 2 aromatic rings. The van der Waals surface area contributed by atoms with Gasteiger partial charge in [0.1, 0.15) is 0 Å². The molecule has 2 unspecified atom stereocenters. The minimum absolute atomic E-state index is 0.141. The molecule has 2 aromatic carbocycles. The molecule has 2 atom stereocenters. The predicted octanol–water partition coefficient (Wildman–Crippen LogP) is 3.00. The van der Waals surface area contributed by atoms with E-state index in [1.54, 1.807) is 0 Å². The van der Waals surface area contributed by atoms with Crippen molar-refractivity contribution in [3.8, 4) is 0 Å². The van der Waals surface area contributed by atoms with Gasteiger partial charge in [-0.15, -0.1) is 0 Å². The Hall–Kier alpha value is -2.03. The lowest BCUT2D eigenvalue weighted by molar-refractivity contribution is -0.138. The van der Waals surface area contributed by atoms with Crippen molar-refractivity contribution in [3.05, 3.63) is 42.5 Å². The van der Waals surface area contributed by atoms with E-state index in [1.807, 2.05) is 19.2 Å². The molecule has 1 N–H and O–H groups in total. The van der Waals surface area contributed by atoms with Crippen LogP contribution >= 0.6 is 0 Å². The largest absolute Gasteiger partial charge is 0.481 e. The number of carbonyl (C=O) groups is 1. The van der Waals surface area contributed by atoms with E-state index >= 15 is 0 Å². The smallest absolute Gasteiger partial charge is 0.306 e. The Morgan fingerprint density at radius 1 is 1.26 bits per heavy atom. The van der Waals surface area contributed by atoms with Crippen LogP contribution in [0.25, 0.3) is 10.8 Å². The van der Waals surface area contributed by atoms with Gasteiger partial charge in [0.2, 0.25) is 0 Å². The first-order valence-electron chi connectivity index (χ1n) is 6.58. The molecule has 0 spiro atoms. The van der Waals surface area contributed by atoms with Crippen LogP contribution in [0.15, 0.2) is 42.5 Å². The number of hydrogen-bond acceptors (Lipinski definition) is 2. The zero-order valence-corrected chi connectivity index (χ0v) is 10.9. The van der Waals surface area contributed by atoms with Gasteiger partial charge in [-0.1, -0.05) is 36.4 Å². The quantitative estimate of drug-likeness (QED) is 0.913. The van der Waals surface area contributed by atoms with Gasteiger partial charge in [0.25, 0.3) is 0 Å². The number of aliphatic carboxylic acids is 1. The van der Waals surface area contributed by atoms with E-state index in [2.05, 4.69) is 35.2 Å². The highest BCUT2D eigenvalue weighted by atomic mass is 16.4. The molecule has 0 aromatic heterocycles. The van der Waals surface area contributed by atoms with Crippen LogP contribution in [-0.2, 0) is 4.79 Å². The molecule has 0 saturated heterocycles. The van der Waals surface area contributed by atoms with Crippen molar-refractivity contribution in [2.45, 2.75) is 6.42 Å². The van der Waals surface area contributed by atoms with E-state index in [0.717, 1.165) is 13.0 Å². The zero-order valence-electron chi connectivity index (χ0n) is 10.9. The molecule has 0 heterocycles. The van der Waals surface area contributed by atoms with E-state index in [-0.39, 0.29) is 5.92 Å². The number of carboxylic acids is 1. The normalized spacial score (nSPS) is 21.3. The summed E-state index contributed by atoms with van der Waals surface area (Å²) in [5.74, 6) is -0.504. The highest BCUT2D eigenvalue weighted by molar-refractivity contribution is 5.94. The first-order chi connectivity index (χ1) is 9.16. The van der Waals surface area contributed by atoms with Crippen molar-refractivity contribution in [2.75, 3.05) is 18.5 Å². The van der Waals surface area contributed by atoms with Crippen LogP contribution in [0.1, 0.15) is 6.42 Å². The van der Waals surface area contributed by atoms with Gasteiger partial charge in [-0.05, 0) is 23.8 Å². The number of nitrogens with zero attached hydrogens (tertiary/aromatic N) is 1. The third-order valence-electron chi connectivity index (χ3n) is 3.93. The molecule has 1 aliphatic carbocycles. The Kier molecular flexibility index (Phi) is 2.90. The Balaban J connectivity index is 1.82. The van der Waals surface area contributed by atoms with Gasteiger partial charge >= 0.3 is 5.97 Å². The fourth-order valence-electron chi connectivity index (χ4n) is 2.74. The molecule has 1 aliphatic rings. The topological polar surface area (TPSA) is 40.5 Å². The van der Waals surface area contributed by atoms with Crippen molar-refractivity contribution in [1.29, 1.82) is 0 Å². The van der Waals surface area contributed by atoms with E-state index in [9.17, 15) is 4.79 Å². The first kappa shape index (κ1) is 12.0. The molecule has 98 valence electrons. The molecular formula is C16H17NO2. The van der Waals surface area contributed by atoms with Crippen molar-refractivity contribution in [3.63, 3.8) is 0 Å². The summed E-state index contributed by atoms with van der Waals surface area (Å²) in [6, 6.07) is 14.5. The summed E-state index contributed by atoms with van der Waals surface area (Å²) in [5.41, 5.74) is 1.18. The molecular weight excluding hydrogens is 238 g/mol. The lowest BCUT2D eigenvalue weighted by Crippen LogP contribution is -2.21. The van der Waals surface area contributed by atoms with Crippen molar-refractivity contribution in [2.24, 2.45) is 11.8 Å². The summed E-state index contributed by atoms with van der Waals surface area (Å²) < 4.78 is 0. The molecule has 19 heavy (non-hydrogen) atoms. The minimum atomic E-state index is -0.656. The van der Waals surface area contributed by atoms with Gasteiger partial charge in [-0.3, -0.25) is 4.79 Å². The van der Waals surface area contributed by atoms with E-state index in [4.69, 9.17) is 5.11 Å². The molecule has 0 aliphatic heterocycles. The van der Waals surface area contributed by atoms with Gasteiger partial charge in [0.15, 0.2) is 0 Å². The Labute approximate surface area is 112 Å². The molecule has 0 radical (unpaired) electrons. The average molecular weight is 255 g/mol. The Morgan fingerprint density at radius 3 is 2.74 bits per heavy atom. The number of anilines is 1. The third-order valence-corrected chi connectivity index (χ3v) is 3.93. The SMILES string of the molecule is CN(CC1CC1C(=O)O)c1cccc2ccccc12. The van der Waals surface area contributed by atoms with Gasteiger partial charge in [-0.25, -0.2) is 0 Å². The maximum absolute atomic E-state index is 10.9. The second-order valence-electron chi connectivity index (χ2n) is 5.32. The van der Waals surface area contributed by atoms with Crippen LogP contribution in [0.3, 0.4) is 0 Å². The molecule has 3 nitrogen and oxygen atoms in total. The van der Waals surface area contributed by atoms with E-state index < -0.39 is 5.97 Å². The predicted molar refractivity (Wildman–Crippen MR) is 76.5 cm³/mol. The summed E-state index contributed by atoms with van der Waals surface area (Å²) >= 11 is 0. The molecule has 3 heteroatoms. The van der Waals surface area contributed by atoms with E-state index in [0.29, 0.717) is 5.92 Å². The number of carboxylic acid groups (broad SMARTS) is 1. The monoisotopic (exact) mass is 255 g/mol. The Morgan fingerprint density at radius 2 is 2.00 bits per heavy atom. The number of fused-ring (bicyclic) bond motifs is 1. The van der Waals surface area contributed by atoms with Gasteiger partial charge in [0, 0.05) is 24.7 Å².